The summed E-state index contributed by atoms with van der Waals surface area (Å²) in [4.78, 5) is 24.1. The van der Waals surface area contributed by atoms with Gasteiger partial charge in [0.15, 0.2) is 5.65 Å². The van der Waals surface area contributed by atoms with Gasteiger partial charge in [-0.05, 0) is 24.3 Å². The molecule has 0 radical (unpaired) electrons. The fourth-order valence-electron chi connectivity index (χ4n) is 2.15. The van der Waals surface area contributed by atoms with E-state index >= 15 is 0 Å². The average Bonchev–Trinajstić information content (AvgIpc) is 2.63. The molecule has 2 aromatic heterocycles. The van der Waals surface area contributed by atoms with Gasteiger partial charge in [0.2, 0.25) is 5.91 Å². The van der Waals surface area contributed by atoms with Gasteiger partial charge in [0.05, 0.1) is 17.3 Å². The quantitative estimate of drug-likeness (QED) is 0.552. The molecule has 2 N–H and O–H groups in total. The van der Waals surface area contributed by atoms with E-state index in [4.69, 9.17) is 11.2 Å². The second-order valence-corrected chi connectivity index (χ2v) is 4.88. The van der Waals surface area contributed by atoms with Crippen LogP contribution in [-0.4, -0.2) is 20.9 Å². The Labute approximate surface area is 143 Å². The molecule has 122 valence electrons. The first-order chi connectivity index (χ1) is 12.2. The number of rotatable bonds is 5. The molecule has 7 nitrogen and oxygen atoms in total. The molecule has 1 amide bonds. The number of hydrogen-bond acceptors (Lipinski definition) is 6. The van der Waals surface area contributed by atoms with Crippen molar-refractivity contribution in [3.05, 3.63) is 55.5 Å². The number of carbonyl (C=O) groups excluding carboxylic acids is 1. The SMILES string of the molecule is C#COc1cccc(Nc2ncnc3ncc(NC(=O)C=C)cc23)c1. The van der Waals surface area contributed by atoms with E-state index in [1.54, 1.807) is 24.3 Å². The lowest BCUT2D eigenvalue weighted by atomic mass is 10.2. The third-order valence-corrected chi connectivity index (χ3v) is 3.22. The molecule has 0 fully saturated rings. The van der Waals surface area contributed by atoms with Crippen molar-refractivity contribution in [1.29, 1.82) is 0 Å². The third-order valence-electron chi connectivity index (χ3n) is 3.22. The van der Waals surface area contributed by atoms with Crippen molar-refractivity contribution in [2.24, 2.45) is 0 Å². The molecule has 2 heterocycles. The number of anilines is 3. The number of aromatic nitrogens is 3. The van der Waals surface area contributed by atoms with Crippen molar-refractivity contribution in [2.75, 3.05) is 10.6 Å². The molecule has 0 saturated carbocycles. The molecule has 0 unspecified atom stereocenters. The molecule has 0 atom stereocenters. The van der Waals surface area contributed by atoms with E-state index in [-0.39, 0.29) is 5.91 Å². The topological polar surface area (TPSA) is 89.0 Å². The zero-order valence-corrected chi connectivity index (χ0v) is 13.1. The minimum absolute atomic E-state index is 0.327. The van der Waals surface area contributed by atoms with E-state index in [9.17, 15) is 4.79 Å². The number of benzene rings is 1. The normalized spacial score (nSPS) is 9.88. The summed E-state index contributed by atoms with van der Waals surface area (Å²) < 4.78 is 5.03. The predicted octanol–water partition coefficient (Wildman–Crippen LogP) is 2.86. The Bertz CT molecular complexity index is 994. The fraction of sp³-hybridized carbons (Fsp3) is 0. The number of ether oxygens (including phenoxy) is 1. The highest BCUT2D eigenvalue weighted by atomic mass is 16.5. The summed E-state index contributed by atoms with van der Waals surface area (Å²) in [6, 6.07) is 8.85. The first-order valence-corrected chi connectivity index (χ1v) is 7.23. The number of fused-ring (bicyclic) bond motifs is 1. The lowest BCUT2D eigenvalue weighted by Crippen LogP contribution is -2.08. The van der Waals surface area contributed by atoms with Crippen LogP contribution >= 0.6 is 0 Å². The average molecular weight is 331 g/mol. The number of pyridine rings is 1. The van der Waals surface area contributed by atoms with Crippen LogP contribution in [0.15, 0.2) is 55.5 Å². The molecule has 0 bridgehead atoms. The predicted molar refractivity (Wildman–Crippen MR) is 95.3 cm³/mol. The van der Waals surface area contributed by atoms with E-state index in [2.05, 4.69) is 38.3 Å². The van der Waals surface area contributed by atoms with Crippen molar-refractivity contribution in [2.45, 2.75) is 0 Å². The monoisotopic (exact) mass is 331 g/mol. The minimum Gasteiger partial charge on any atom is -0.408 e. The van der Waals surface area contributed by atoms with Crippen LogP contribution in [0.2, 0.25) is 0 Å². The van der Waals surface area contributed by atoms with Gasteiger partial charge in [0.25, 0.3) is 0 Å². The first kappa shape index (κ1) is 16.0. The maximum atomic E-state index is 11.5. The Balaban J connectivity index is 1.96. The fourth-order valence-corrected chi connectivity index (χ4v) is 2.15. The molecular formula is C18H13N5O2. The van der Waals surface area contributed by atoms with Gasteiger partial charge in [-0.25, -0.2) is 15.0 Å². The highest BCUT2D eigenvalue weighted by molar-refractivity contribution is 6.00. The summed E-state index contributed by atoms with van der Waals surface area (Å²) in [5, 5.41) is 6.47. The number of carbonyl (C=O) groups is 1. The van der Waals surface area contributed by atoms with Gasteiger partial charge in [0, 0.05) is 11.8 Å². The second-order valence-electron chi connectivity index (χ2n) is 4.88. The largest absolute Gasteiger partial charge is 0.408 e. The van der Waals surface area contributed by atoms with Gasteiger partial charge >= 0.3 is 0 Å². The van der Waals surface area contributed by atoms with Crippen molar-refractivity contribution in [3.8, 4) is 18.3 Å². The Kier molecular flexibility index (Phi) is 4.53. The summed E-state index contributed by atoms with van der Waals surface area (Å²) in [7, 11) is 0. The highest BCUT2D eigenvalue weighted by Crippen LogP contribution is 2.26. The summed E-state index contributed by atoms with van der Waals surface area (Å²) in [6.07, 6.45) is 11.4. The molecule has 0 aliphatic rings. The van der Waals surface area contributed by atoms with E-state index in [0.717, 1.165) is 5.69 Å². The van der Waals surface area contributed by atoms with Crippen molar-refractivity contribution >= 4 is 34.1 Å². The number of amides is 1. The first-order valence-electron chi connectivity index (χ1n) is 7.23. The number of nitrogens with zero attached hydrogens (tertiary/aromatic N) is 3. The van der Waals surface area contributed by atoms with Crippen LogP contribution in [-0.2, 0) is 4.79 Å². The van der Waals surface area contributed by atoms with Crippen LogP contribution < -0.4 is 15.4 Å². The summed E-state index contributed by atoms with van der Waals surface area (Å²) in [6.45, 7) is 3.42. The molecule has 0 spiro atoms. The zero-order chi connectivity index (χ0) is 17.6. The Morgan fingerprint density at radius 2 is 2.12 bits per heavy atom. The Morgan fingerprint density at radius 3 is 2.92 bits per heavy atom. The molecule has 0 aliphatic heterocycles. The van der Waals surface area contributed by atoms with E-state index in [0.29, 0.717) is 28.3 Å². The van der Waals surface area contributed by atoms with Crippen molar-refractivity contribution < 1.29 is 9.53 Å². The van der Waals surface area contributed by atoms with Crippen LogP contribution in [0.1, 0.15) is 0 Å². The molecule has 1 aromatic carbocycles. The zero-order valence-electron chi connectivity index (χ0n) is 13.1. The van der Waals surface area contributed by atoms with E-state index < -0.39 is 0 Å². The van der Waals surface area contributed by atoms with Gasteiger partial charge in [-0.3, -0.25) is 4.79 Å². The summed E-state index contributed by atoms with van der Waals surface area (Å²) in [5.74, 6) is 0.736. The van der Waals surface area contributed by atoms with Gasteiger partial charge in [0.1, 0.15) is 24.0 Å². The Hall–Kier alpha value is -3.92. The highest BCUT2D eigenvalue weighted by Gasteiger charge is 2.08. The van der Waals surface area contributed by atoms with E-state index in [1.807, 2.05) is 6.07 Å². The molecule has 0 saturated heterocycles. The van der Waals surface area contributed by atoms with Crippen molar-refractivity contribution in [1.82, 2.24) is 15.0 Å². The molecule has 25 heavy (non-hydrogen) atoms. The second kappa shape index (κ2) is 7.10. The van der Waals surface area contributed by atoms with Crippen LogP contribution in [0.5, 0.6) is 5.75 Å². The van der Waals surface area contributed by atoms with Gasteiger partial charge in [-0.15, -0.1) is 0 Å². The number of terminal acetylenes is 1. The Morgan fingerprint density at radius 1 is 1.24 bits per heavy atom. The van der Waals surface area contributed by atoms with Crippen LogP contribution in [0.3, 0.4) is 0 Å². The lowest BCUT2D eigenvalue weighted by molar-refractivity contribution is -0.111. The number of hydrogen-bond donors (Lipinski definition) is 2. The maximum absolute atomic E-state index is 11.5. The van der Waals surface area contributed by atoms with Gasteiger partial charge < -0.3 is 15.4 Å². The summed E-state index contributed by atoms with van der Waals surface area (Å²) in [5.41, 5.74) is 1.73. The standard InChI is InChI=1S/C18H13N5O2/c1-3-16(24)22-13-9-15-17(19-10-13)20-11-21-18(15)23-12-6-5-7-14(8-12)25-4-2/h2-3,5-11H,1H2,(H,22,24)(H,19,20,21,23). The smallest absolute Gasteiger partial charge is 0.247 e. The third kappa shape index (κ3) is 3.71. The van der Waals surface area contributed by atoms with Crippen LogP contribution in [0.4, 0.5) is 17.2 Å². The molecule has 0 aliphatic carbocycles. The molecular weight excluding hydrogens is 318 g/mol. The molecule has 7 heteroatoms. The van der Waals surface area contributed by atoms with Gasteiger partial charge in [-0.2, -0.15) is 0 Å². The van der Waals surface area contributed by atoms with Crippen LogP contribution in [0, 0.1) is 12.5 Å². The van der Waals surface area contributed by atoms with E-state index in [1.165, 1.54) is 18.6 Å². The molecule has 3 aromatic rings. The number of nitrogens with one attached hydrogen (secondary N) is 2. The van der Waals surface area contributed by atoms with Gasteiger partial charge in [-0.1, -0.05) is 19.1 Å². The molecule has 3 rings (SSSR count). The lowest BCUT2D eigenvalue weighted by Gasteiger charge is -2.10. The van der Waals surface area contributed by atoms with Crippen molar-refractivity contribution in [3.63, 3.8) is 0 Å². The maximum Gasteiger partial charge on any atom is 0.247 e. The van der Waals surface area contributed by atoms with Crippen LogP contribution in [0.25, 0.3) is 11.0 Å². The summed E-state index contributed by atoms with van der Waals surface area (Å²) >= 11 is 0. The minimum atomic E-state index is -0.327.